The van der Waals surface area contributed by atoms with Crippen molar-refractivity contribution >= 4 is 21.7 Å². The predicted molar refractivity (Wildman–Crippen MR) is 107 cm³/mol. The van der Waals surface area contributed by atoms with E-state index in [1.807, 2.05) is 0 Å². The minimum absolute atomic E-state index is 0.196. The average molecular weight is 432 g/mol. The van der Waals surface area contributed by atoms with Gasteiger partial charge < -0.3 is 9.64 Å². The summed E-state index contributed by atoms with van der Waals surface area (Å²) in [6.07, 6.45) is 3.79. The molecule has 3 nitrogen and oxygen atoms in total. The molecule has 0 saturated heterocycles. The second kappa shape index (κ2) is 7.72. The maximum atomic E-state index is 14.4. The molecule has 2 atom stereocenters. The third kappa shape index (κ3) is 4.58. The van der Waals surface area contributed by atoms with Crippen molar-refractivity contribution in [2.75, 3.05) is 20.2 Å². The van der Waals surface area contributed by atoms with Crippen molar-refractivity contribution in [3.63, 3.8) is 0 Å². The monoisotopic (exact) mass is 431 g/mol. The maximum Gasteiger partial charge on any atom is 0.193 e. The first kappa shape index (κ1) is 18.6. The number of ether oxygens (including phenoxy) is 1. The van der Waals surface area contributed by atoms with Gasteiger partial charge in [0, 0.05) is 28.2 Å². The van der Waals surface area contributed by atoms with Gasteiger partial charge in [-0.05, 0) is 80.6 Å². The Morgan fingerprint density at radius 3 is 2.52 bits per heavy atom. The predicted octanol–water partition coefficient (Wildman–Crippen LogP) is 4.93. The van der Waals surface area contributed by atoms with E-state index >= 15 is 0 Å². The van der Waals surface area contributed by atoms with Crippen LogP contribution in [0, 0.1) is 17.7 Å². The number of carbonyl (C=O) groups excluding carboxylic acids is 1. The van der Waals surface area contributed by atoms with Crippen molar-refractivity contribution in [3.8, 4) is 5.75 Å². The van der Waals surface area contributed by atoms with Crippen molar-refractivity contribution in [1.82, 2.24) is 4.90 Å². The van der Waals surface area contributed by atoms with Crippen LogP contribution in [-0.2, 0) is 0 Å². The van der Waals surface area contributed by atoms with E-state index in [9.17, 15) is 9.18 Å². The average Bonchev–Trinajstić information content (AvgIpc) is 3.56. The Labute approximate surface area is 167 Å². The van der Waals surface area contributed by atoms with Gasteiger partial charge >= 0.3 is 0 Å². The van der Waals surface area contributed by atoms with Crippen LogP contribution in [0.1, 0.15) is 35.2 Å². The topological polar surface area (TPSA) is 29.5 Å². The molecule has 2 fully saturated rings. The van der Waals surface area contributed by atoms with E-state index in [4.69, 9.17) is 4.74 Å². The SMILES string of the molecule is CN(CC1CC1COc1ccc(C(=O)c2ccc(Br)cc2)cc1F)C1CC1. The zero-order chi connectivity index (χ0) is 19.0. The van der Waals surface area contributed by atoms with Gasteiger partial charge in [0.25, 0.3) is 0 Å². The summed E-state index contributed by atoms with van der Waals surface area (Å²) in [6.45, 7) is 1.65. The zero-order valence-corrected chi connectivity index (χ0v) is 16.9. The Morgan fingerprint density at radius 1 is 1.15 bits per heavy atom. The zero-order valence-electron chi connectivity index (χ0n) is 15.3. The second-order valence-electron chi connectivity index (χ2n) is 7.72. The number of rotatable bonds is 8. The van der Waals surface area contributed by atoms with Crippen LogP contribution in [0.5, 0.6) is 5.75 Å². The smallest absolute Gasteiger partial charge is 0.193 e. The Bertz CT molecular complexity index is 835. The Balaban J connectivity index is 1.32. The summed E-state index contributed by atoms with van der Waals surface area (Å²) in [5.74, 6) is 0.721. The van der Waals surface area contributed by atoms with Gasteiger partial charge in [0.05, 0.1) is 6.61 Å². The first-order valence-electron chi connectivity index (χ1n) is 9.44. The van der Waals surface area contributed by atoms with Crippen LogP contribution in [0.15, 0.2) is 46.9 Å². The van der Waals surface area contributed by atoms with Gasteiger partial charge in [-0.15, -0.1) is 0 Å². The number of halogens is 2. The quantitative estimate of drug-likeness (QED) is 0.555. The molecule has 2 aliphatic rings. The summed E-state index contributed by atoms with van der Waals surface area (Å²) in [5.41, 5.74) is 0.865. The molecule has 2 aromatic carbocycles. The Morgan fingerprint density at radius 2 is 1.85 bits per heavy atom. The van der Waals surface area contributed by atoms with Crippen LogP contribution >= 0.6 is 15.9 Å². The van der Waals surface area contributed by atoms with Crippen LogP contribution in [0.3, 0.4) is 0 Å². The van der Waals surface area contributed by atoms with Gasteiger partial charge in [0.15, 0.2) is 17.3 Å². The van der Waals surface area contributed by atoms with Crippen molar-refractivity contribution in [2.24, 2.45) is 11.8 Å². The largest absolute Gasteiger partial charge is 0.490 e. The molecule has 0 amide bonds. The van der Waals surface area contributed by atoms with Gasteiger partial charge in [0.1, 0.15) is 0 Å². The molecule has 0 bridgehead atoms. The van der Waals surface area contributed by atoms with Crippen LogP contribution in [0.25, 0.3) is 0 Å². The van der Waals surface area contributed by atoms with E-state index in [1.165, 1.54) is 18.9 Å². The number of ketones is 1. The highest BCUT2D eigenvalue weighted by Gasteiger charge is 2.40. The van der Waals surface area contributed by atoms with Gasteiger partial charge in [-0.2, -0.15) is 0 Å². The number of nitrogens with zero attached hydrogens (tertiary/aromatic N) is 1. The van der Waals surface area contributed by atoms with E-state index in [2.05, 4.69) is 27.9 Å². The molecule has 27 heavy (non-hydrogen) atoms. The minimum Gasteiger partial charge on any atom is -0.490 e. The highest BCUT2D eigenvalue weighted by Crippen LogP contribution is 2.41. The molecule has 4 rings (SSSR count). The van der Waals surface area contributed by atoms with Gasteiger partial charge in [0.2, 0.25) is 0 Å². The Hall–Kier alpha value is -1.72. The molecule has 2 unspecified atom stereocenters. The molecular weight excluding hydrogens is 409 g/mol. The fourth-order valence-corrected chi connectivity index (χ4v) is 3.76. The summed E-state index contributed by atoms with van der Waals surface area (Å²) in [4.78, 5) is 14.9. The Kier molecular flexibility index (Phi) is 5.33. The van der Waals surface area contributed by atoms with Crippen LogP contribution in [0.4, 0.5) is 4.39 Å². The third-order valence-electron chi connectivity index (χ3n) is 5.52. The molecule has 142 valence electrons. The lowest BCUT2D eigenvalue weighted by atomic mass is 10.0. The second-order valence-corrected chi connectivity index (χ2v) is 8.63. The molecule has 2 aromatic rings. The third-order valence-corrected chi connectivity index (χ3v) is 6.04. The summed E-state index contributed by atoms with van der Waals surface area (Å²) >= 11 is 3.34. The first-order valence-corrected chi connectivity index (χ1v) is 10.2. The molecule has 0 spiro atoms. The van der Waals surface area contributed by atoms with E-state index < -0.39 is 5.82 Å². The van der Waals surface area contributed by atoms with E-state index in [0.717, 1.165) is 23.5 Å². The fourth-order valence-electron chi connectivity index (χ4n) is 3.50. The van der Waals surface area contributed by atoms with Gasteiger partial charge in [-0.1, -0.05) is 15.9 Å². The van der Waals surface area contributed by atoms with Crippen molar-refractivity contribution < 1.29 is 13.9 Å². The lowest BCUT2D eigenvalue weighted by molar-refractivity contribution is 0.103. The maximum absolute atomic E-state index is 14.4. The van der Waals surface area contributed by atoms with Crippen molar-refractivity contribution in [2.45, 2.75) is 25.3 Å². The minimum atomic E-state index is -0.481. The van der Waals surface area contributed by atoms with Crippen molar-refractivity contribution in [1.29, 1.82) is 0 Å². The van der Waals surface area contributed by atoms with E-state index in [0.29, 0.717) is 29.6 Å². The summed E-state index contributed by atoms with van der Waals surface area (Å²) in [7, 11) is 2.19. The molecule has 2 aliphatic carbocycles. The fraction of sp³-hybridized carbons (Fsp3) is 0.409. The molecule has 0 heterocycles. The van der Waals surface area contributed by atoms with Crippen LogP contribution in [-0.4, -0.2) is 36.9 Å². The highest BCUT2D eigenvalue weighted by molar-refractivity contribution is 9.10. The molecular formula is C22H23BrFNO2. The molecule has 0 radical (unpaired) electrons. The summed E-state index contributed by atoms with van der Waals surface area (Å²) in [6, 6.07) is 12.3. The summed E-state index contributed by atoms with van der Waals surface area (Å²) < 4.78 is 21.0. The lowest BCUT2D eigenvalue weighted by Crippen LogP contribution is -2.24. The van der Waals surface area contributed by atoms with Crippen LogP contribution < -0.4 is 4.74 Å². The molecule has 5 heteroatoms. The van der Waals surface area contributed by atoms with E-state index in [-0.39, 0.29) is 11.5 Å². The normalized spacial score (nSPS) is 21.3. The molecule has 2 saturated carbocycles. The number of hydrogen-bond acceptors (Lipinski definition) is 3. The first-order chi connectivity index (χ1) is 13.0. The molecule has 0 aliphatic heterocycles. The van der Waals surface area contributed by atoms with Crippen molar-refractivity contribution in [3.05, 3.63) is 63.9 Å². The highest BCUT2D eigenvalue weighted by atomic mass is 79.9. The van der Waals surface area contributed by atoms with E-state index in [1.54, 1.807) is 36.4 Å². The molecule has 0 aromatic heterocycles. The van der Waals surface area contributed by atoms with Gasteiger partial charge in [-0.25, -0.2) is 4.39 Å². The lowest BCUT2D eigenvalue weighted by Gasteiger charge is -2.15. The number of hydrogen-bond donors (Lipinski definition) is 0. The van der Waals surface area contributed by atoms with Gasteiger partial charge in [-0.3, -0.25) is 4.79 Å². The molecule has 0 N–H and O–H groups in total. The van der Waals surface area contributed by atoms with Crippen LogP contribution in [0.2, 0.25) is 0 Å². The standard InChI is InChI=1S/C22H23BrFNO2/c1-25(19-7-8-19)12-16-10-17(16)13-27-21-9-4-15(11-20(21)24)22(26)14-2-5-18(23)6-3-14/h2-6,9,11,16-17,19H,7-8,10,12-13H2,1H3. The number of benzene rings is 2. The number of carbonyl (C=O) groups is 1. The summed E-state index contributed by atoms with van der Waals surface area (Å²) in [5, 5.41) is 0.